The first-order chi connectivity index (χ1) is 16.2. The molecule has 0 atom stereocenters. The van der Waals surface area contributed by atoms with E-state index < -0.39 is 34.4 Å². The maximum absolute atomic E-state index is 12.9. The largest absolute Gasteiger partial charge is 0.362 e. The van der Waals surface area contributed by atoms with E-state index >= 15 is 0 Å². The molecule has 1 aliphatic rings. The maximum atomic E-state index is 12.9. The van der Waals surface area contributed by atoms with Crippen LogP contribution < -0.4 is 22.0 Å². The second kappa shape index (κ2) is 10.3. The molecule has 13 heteroatoms. The zero-order chi connectivity index (χ0) is 25.0. The Balaban J connectivity index is 1.81. The highest BCUT2D eigenvalue weighted by atomic mass is 35.5. The van der Waals surface area contributed by atoms with E-state index in [9.17, 15) is 29.3 Å². The number of anilines is 1. The molecule has 34 heavy (non-hydrogen) atoms. The molecule has 0 spiro atoms. The number of hydrogen-bond donors (Lipinski definition) is 0. The highest BCUT2D eigenvalue weighted by Gasteiger charge is 2.27. The van der Waals surface area contributed by atoms with E-state index in [0.29, 0.717) is 23.3 Å². The molecule has 1 amide bonds. The molecule has 0 N–H and O–H groups in total. The van der Waals surface area contributed by atoms with Crippen LogP contribution >= 0.6 is 11.6 Å². The van der Waals surface area contributed by atoms with Gasteiger partial charge in [0, 0.05) is 37.3 Å². The van der Waals surface area contributed by atoms with Crippen molar-refractivity contribution in [3.05, 3.63) is 90.1 Å². The summed E-state index contributed by atoms with van der Waals surface area (Å²) in [6, 6.07) is 4.38. The minimum absolute atomic E-state index is 0.123. The number of nitro benzene ring substituents is 1. The normalized spacial score (nSPS) is 13.6. The van der Waals surface area contributed by atoms with Gasteiger partial charge in [0.25, 0.3) is 5.69 Å². The fourth-order valence-corrected chi connectivity index (χ4v) is 3.90. The Bertz CT molecular complexity index is 1270. The third-order valence-electron chi connectivity index (χ3n) is 5.41. The second-order valence-electron chi connectivity index (χ2n) is 7.49. The Morgan fingerprint density at radius 3 is 2.00 bits per heavy atom. The molecule has 0 unspecified atom stereocenters. The van der Waals surface area contributed by atoms with Crippen molar-refractivity contribution in [3.63, 3.8) is 0 Å². The van der Waals surface area contributed by atoms with Gasteiger partial charge in [-0.25, -0.2) is 28.1 Å². The number of hydrogen-bond acceptors (Lipinski definition) is 7. The van der Waals surface area contributed by atoms with Crippen molar-refractivity contribution < 1.29 is 9.72 Å². The van der Waals surface area contributed by atoms with Crippen LogP contribution in [0.3, 0.4) is 0 Å². The molecule has 0 radical (unpaired) electrons. The number of aromatic nitrogens is 3. The molecule has 0 bridgehead atoms. The van der Waals surface area contributed by atoms with Crippen LogP contribution in [0, 0.1) is 10.1 Å². The Morgan fingerprint density at radius 2 is 1.50 bits per heavy atom. The van der Waals surface area contributed by atoms with Crippen LogP contribution in [0.4, 0.5) is 11.4 Å². The Labute approximate surface area is 198 Å². The molecule has 3 rings (SSSR count). The molecular weight excluding hydrogens is 468 g/mol. The van der Waals surface area contributed by atoms with Gasteiger partial charge in [-0.2, -0.15) is 0 Å². The van der Waals surface area contributed by atoms with Gasteiger partial charge in [-0.3, -0.25) is 14.9 Å². The van der Waals surface area contributed by atoms with E-state index in [0.717, 1.165) is 9.13 Å². The first kappa shape index (κ1) is 24.7. The quantitative estimate of drug-likeness (QED) is 0.298. The van der Waals surface area contributed by atoms with Crippen LogP contribution in [0.2, 0.25) is 5.02 Å². The van der Waals surface area contributed by atoms with E-state index in [1.54, 1.807) is 17.0 Å². The third-order valence-corrected chi connectivity index (χ3v) is 5.64. The summed E-state index contributed by atoms with van der Waals surface area (Å²) >= 11 is 5.88. The molecular formula is C21H23ClN6O6. The van der Waals surface area contributed by atoms with Gasteiger partial charge in [-0.05, 0) is 12.1 Å². The Kier molecular flexibility index (Phi) is 7.51. The average Bonchev–Trinajstić information content (AvgIpc) is 2.82. The zero-order valence-corrected chi connectivity index (χ0v) is 19.0. The molecule has 1 aromatic carbocycles. The molecule has 0 saturated carbocycles. The van der Waals surface area contributed by atoms with Gasteiger partial charge in [-0.1, -0.05) is 23.8 Å². The van der Waals surface area contributed by atoms with Gasteiger partial charge in [0.1, 0.15) is 12.2 Å². The second-order valence-corrected chi connectivity index (χ2v) is 7.93. The van der Waals surface area contributed by atoms with Crippen LogP contribution in [0.5, 0.6) is 0 Å². The lowest BCUT2D eigenvalue weighted by atomic mass is 10.2. The minimum Gasteiger partial charge on any atom is -0.362 e. The number of halogens is 1. The number of amides is 1. The van der Waals surface area contributed by atoms with Gasteiger partial charge in [0.05, 0.1) is 18.0 Å². The average molecular weight is 491 g/mol. The molecule has 2 heterocycles. The number of rotatable bonds is 8. The summed E-state index contributed by atoms with van der Waals surface area (Å²) in [6.07, 6.45) is 2.68. The van der Waals surface area contributed by atoms with Gasteiger partial charge in [0.15, 0.2) is 0 Å². The van der Waals surface area contributed by atoms with Crippen molar-refractivity contribution in [2.24, 2.45) is 0 Å². The lowest BCUT2D eigenvalue weighted by Crippen LogP contribution is -2.56. The smallest absolute Gasteiger partial charge is 0.337 e. The van der Waals surface area contributed by atoms with Crippen molar-refractivity contribution in [2.45, 2.75) is 19.6 Å². The van der Waals surface area contributed by atoms with Gasteiger partial charge < -0.3 is 9.80 Å². The van der Waals surface area contributed by atoms with Gasteiger partial charge in [-0.15, -0.1) is 13.2 Å². The predicted molar refractivity (Wildman–Crippen MR) is 127 cm³/mol. The molecule has 2 aromatic rings. The highest BCUT2D eigenvalue weighted by molar-refractivity contribution is 6.30. The van der Waals surface area contributed by atoms with Crippen molar-refractivity contribution in [2.75, 3.05) is 31.1 Å². The number of benzene rings is 1. The molecule has 1 saturated heterocycles. The van der Waals surface area contributed by atoms with E-state index in [1.165, 1.54) is 23.1 Å². The number of nitro groups is 1. The van der Waals surface area contributed by atoms with Crippen molar-refractivity contribution >= 4 is 28.9 Å². The van der Waals surface area contributed by atoms with Crippen LogP contribution in [0.15, 0.2) is 57.9 Å². The van der Waals surface area contributed by atoms with E-state index in [4.69, 9.17) is 11.6 Å². The Hall–Kier alpha value is -3.93. The summed E-state index contributed by atoms with van der Waals surface area (Å²) in [4.78, 5) is 64.9. The first-order valence-corrected chi connectivity index (χ1v) is 10.7. The molecule has 12 nitrogen and oxygen atoms in total. The van der Waals surface area contributed by atoms with Crippen LogP contribution in [-0.4, -0.2) is 55.6 Å². The number of nitrogens with zero attached hydrogens (tertiary/aromatic N) is 6. The number of piperazine rings is 1. The number of carbonyl (C=O) groups excluding carboxylic acids is 1. The zero-order valence-electron chi connectivity index (χ0n) is 18.3. The number of allylic oxidation sites excluding steroid dienone is 2. The summed E-state index contributed by atoms with van der Waals surface area (Å²) in [7, 11) is 0. The summed E-state index contributed by atoms with van der Waals surface area (Å²) in [5.41, 5.74) is -2.36. The lowest BCUT2D eigenvalue weighted by molar-refractivity contribution is -0.384. The van der Waals surface area contributed by atoms with Crippen LogP contribution in [0.1, 0.15) is 0 Å². The van der Waals surface area contributed by atoms with Crippen LogP contribution in [0.25, 0.3) is 0 Å². The Morgan fingerprint density at radius 1 is 0.971 bits per heavy atom. The van der Waals surface area contributed by atoms with E-state index in [1.807, 2.05) is 0 Å². The monoisotopic (exact) mass is 490 g/mol. The number of carbonyl (C=O) groups is 1. The highest BCUT2D eigenvalue weighted by Crippen LogP contribution is 2.31. The molecule has 0 aliphatic carbocycles. The summed E-state index contributed by atoms with van der Waals surface area (Å²) in [6.45, 7) is 7.28. The predicted octanol–water partition coefficient (Wildman–Crippen LogP) is 0.454. The lowest BCUT2D eigenvalue weighted by Gasteiger charge is -2.35. The van der Waals surface area contributed by atoms with Crippen molar-refractivity contribution in [1.29, 1.82) is 0 Å². The van der Waals surface area contributed by atoms with E-state index in [-0.39, 0.29) is 36.9 Å². The third kappa shape index (κ3) is 4.86. The van der Waals surface area contributed by atoms with Gasteiger partial charge in [0.2, 0.25) is 5.91 Å². The minimum atomic E-state index is -0.904. The van der Waals surface area contributed by atoms with Gasteiger partial charge >= 0.3 is 17.1 Å². The van der Waals surface area contributed by atoms with E-state index in [2.05, 4.69) is 13.2 Å². The summed E-state index contributed by atoms with van der Waals surface area (Å²) < 4.78 is 2.36. The molecule has 1 fully saturated rings. The summed E-state index contributed by atoms with van der Waals surface area (Å²) in [5, 5.41) is 11.6. The SMILES string of the molecule is C=CCn1c(=O)n(CC=C)c(=O)n(CC(=O)N2CCN(c3ccc(Cl)cc3[N+](=O)[O-])CC2)c1=O. The van der Waals surface area contributed by atoms with Crippen LogP contribution in [-0.2, 0) is 24.4 Å². The molecule has 180 valence electrons. The summed E-state index contributed by atoms with van der Waals surface area (Å²) in [5.74, 6) is -0.488. The van der Waals surface area contributed by atoms with Crippen molar-refractivity contribution in [3.8, 4) is 0 Å². The first-order valence-electron chi connectivity index (χ1n) is 10.3. The maximum Gasteiger partial charge on any atom is 0.337 e. The van der Waals surface area contributed by atoms with Crippen molar-refractivity contribution in [1.82, 2.24) is 18.6 Å². The molecule has 1 aliphatic heterocycles. The topological polar surface area (TPSA) is 133 Å². The standard InChI is InChI=1S/C21H23ClN6O6/c1-3-7-25-19(30)26(8-4-2)21(32)27(20(25)31)14-18(29)24-11-9-23(10-12-24)16-6-5-15(22)13-17(16)28(33)34/h3-6,13H,1-2,7-12,14H2. The fraction of sp³-hybridized carbons (Fsp3) is 0.333. The molecule has 1 aromatic heterocycles. The fourth-order valence-electron chi connectivity index (χ4n) is 3.73.